The molecule has 6 heterocycles. The molecule has 6 rings (SSSR count). The first-order valence-electron chi connectivity index (χ1n) is 18.0. The fraction of sp³-hybridized carbons (Fsp3) is 0.500. The monoisotopic (exact) mass is 918 g/mol. The number of anilines is 2. The van der Waals surface area contributed by atoms with Crippen LogP contribution in [0.15, 0.2) is 53.1 Å². The molecule has 2 aliphatic heterocycles. The number of imidazole rings is 1. The molecule has 332 valence electrons. The standard InChI is InChI=1S/C30H40N12O16P2S/c31-15(4-1-2-8-38-61-27-16(42(46)47)5-3-7-34-27)29(44)57-24-19(56-28(23(24)43)41-14-37-22-25(33)35-13-36-26(22)41)12-54-60(51,52)58-17-10-21(40-9-6-20(32)39-30(40)45)55-18(17)11-53-59(48,49)50/h3,5-7,9,13-15,17-19,21,23-24,28,38,43H,1-2,4,8,10-12,31H2,(H,51,52)(H2,32,39,45)(H2,33,35,36)(H2,48,49,50)/t15-,17+,18-,19?,21-,23?,24?,28?/m1/s1. The van der Waals surface area contributed by atoms with Crippen LogP contribution in [0.3, 0.4) is 0 Å². The van der Waals surface area contributed by atoms with E-state index in [1.165, 1.54) is 41.5 Å². The summed E-state index contributed by atoms with van der Waals surface area (Å²) in [6.07, 6.45) is -4.58. The van der Waals surface area contributed by atoms with Crippen molar-refractivity contribution in [1.82, 2.24) is 38.8 Å². The van der Waals surface area contributed by atoms with Crippen molar-refractivity contribution < 1.29 is 66.4 Å². The fourth-order valence-electron chi connectivity index (χ4n) is 6.22. The molecule has 0 aromatic carbocycles. The lowest BCUT2D eigenvalue weighted by molar-refractivity contribution is -0.388. The van der Waals surface area contributed by atoms with Crippen molar-refractivity contribution in [3.63, 3.8) is 0 Å². The number of rotatable bonds is 20. The Bertz CT molecular complexity index is 2360. The van der Waals surface area contributed by atoms with Gasteiger partial charge >= 0.3 is 33.0 Å². The van der Waals surface area contributed by atoms with Crippen LogP contribution in [0.4, 0.5) is 17.3 Å². The Kier molecular flexibility index (Phi) is 14.8. The molecule has 4 aromatic heterocycles. The van der Waals surface area contributed by atoms with Gasteiger partial charge in [0.05, 0.1) is 24.5 Å². The maximum Gasteiger partial charge on any atom is 0.472 e. The Morgan fingerprint density at radius 2 is 1.85 bits per heavy atom. The van der Waals surface area contributed by atoms with Gasteiger partial charge in [0.2, 0.25) is 0 Å². The van der Waals surface area contributed by atoms with E-state index in [0.717, 1.165) is 22.8 Å². The molecule has 2 saturated heterocycles. The average Bonchev–Trinajstić information content (AvgIpc) is 3.89. The highest BCUT2D eigenvalue weighted by Gasteiger charge is 2.50. The Balaban J connectivity index is 1.11. The zero-order chi connectivity index (χ0) is 44.1. The van der Waals surface area contributed by atoms with Crippen molar-refractivity contribution in [1.29, 1.82) is 0 Å². The molecule has 9 atom stereocenters. The number of carbonyl (C=O) groups is 1. The van der Waals surface area contributed by atoms with Crippen molar-refractivity contribution in [3.8, 4) is 0 Å². The molecule has 28 nitrogen and oxygen atoms in total. The van der Waals surface area contributed by atoms with Gasteiger partial charge in [0.15, 0.2) is 28.8 Å². The Morgan fingerprint density at radius 3 is 2.59 bits per heavy atom. The molecule has 2 fully saturated rings. The quantitative estimate of drug-likeness (QED) is 0.0137. The van der Waals surface area contributed by atoms with E-state index in [9.17, 15) is 48.6 Å². The number of aliphatic hydroxyl groups is 1. The Morgan fingerprint density at radius 1 is 1.08 bits per heavy atom. The van der Waals surface area contributed by atoms with Crippen LogP contribution < -0.4 is 27.6 Å². The number of aliphatic hydroxyl groups excluding tert-OH is 1. The molecular weight excluding hydrogens is 878 g/mol. The highest BCUT2D eigenvalue weighted by Crippen LogP contribution is 2.50. The van der Waals surface area contributed by atoms with E-state index in [2.05, 4.69) is 34.2 Å². The summed E-state index contributed by atoms with van der Waals surface area (Å²) in [5, 5.41) is 22.9. The molecular formula is C30H40N12O16P2S. The minimum Gasteiger partial charge on any atom is -0.455 e. The number of aromatic nitrogens is 7. The minimum atomic E-state index is -5.19. The molecule has 0 spiro atoms. The second-order valence-corrected chi connectivity index (χ2v) is 16.9. The van der Waals surface area contributed by atoms with E-state index in [1.807, 2.05) is 0 Å². The van der Waals surface area contributed by atoms with Crippen molar-refractivity contribution in [2.24, 2.45) is 5.73 Å². The minimum absolute atomic E-state index is 0.00967. The number of nitrogens with one attached hydrogen (secondary N) is 1. The van der Waals surface area contributed by atoms with Crippen LogP contribution in [0.5, 0.6) is 0 Å². The summed E-state index contributed by atoms with van der Waals surface area (Å²) < 4.78 is 62.6. The van der Waals surface area contributed by atoms with Crippen molar-refractivity contribution in [2.75, 3.05) is 31.2 Å². The number of phosphoric ester groups is 2. The number of hydrogen-bond donors (Lipinski definition) is 8. The van der Waals surface area contributed by atoms with Gasteiger partial charge in [0.25, 0.3) is 0 Å². The molecule has 0 saturated carbocycles. The fourth-order valence-corrected chi connectivity index (χ4v) is 8.27. The van der Waals surface area contributed by atoms with E-state index in [-0.39, 0.29) is 46.4 Å². The van der Waals surface area contributed by atoms with Gasteiger partial charge in [-0.3, -0.25) is 42.3 Å². The Labute approximate surface area is 347 Å². The van der Waals surface area contributed by atoms with Crippen LogP contribution >= 0.6 is 27.6 Å². The van der Waals surface area contributed by atoms with E-state index in [4.69, 9.17) is 40.5 Å². The van der Waals surface area contributed by atoms with Crippen LogP contribution in [0.1, 0.15) is 38.1 Å². The van der Waals surface area contributed by atoms with Crippen LogP contribution in [-0.2, 0) is 41.7 Å². The largest absolute Gasteiger partial charge is 0.472 e. The van der Waals surface area contributed by atoms with Crippen LogP contribution in [0, 0.1) is 10.1 Å². The number of fused-ring (bicyclic) bond motifs is 1. The normalized spacial score (nSPS) is 24.4. The second kappa shape index (κ2) is 19.6. The van der Waals surface area contributed by atoms with Gasteiger partial charge in [0.1, 0.15) is 54.3 Å². The average molecular weight is 919 g/mol. The summed E-state index contributed by atoms with van der Waals surface area (Å²) in [4.78, 5) is 85.6. The van der Waals surface area contributed by atoms with Gasteiger partial charge in [-0.05, 0) is 36.9 Å². The number of hydrogen-bond acceptors (Lipinski definition) is 23. The van der Waals surface area contributed by atoms with E-state index in [1.54, 1.807) is 0 Å². The first-order chi connectivity index (χ1) is 28.9. The van der Waals surface area contributed by atoms with E-state index < -0.39 is 94.5 Å². The lowest BCUT2D eigenvalue weighted by atomic mass is 10.1. The summed E-state index contributed by atoms with van der Waals surface area (Å²) in [7, 11) is -10.3. The summed E-state index contributed by atoms with van der Waals surface area (Å²) in [6.45, 7) is -1.34. The van der Waals surface area contributed by atoms with Crippen LogP contribution in [0.2, 0.25) is 0 Å². The first kappa shape index (κ1) is 45.9. The van der Waals surface area contributed by atoms with Gasteiger partial charge in [0, 0.05) is 31.4 Å². The van der Waals surface area contributed by atoms with Gasteiger partial charge in [-0.25, -0.2) is 33.9 Å². The maximum atomic E-state index is 13.4. The topological polar surface area (TPSA) is 412 Å². The molecule has 31 heteroatoms. The number of unbranched alkanes of at least 4 members (excludes halogenated alkanes) is 1. The maximum absolute atomic E-state index is 13.4. The molecule has 0 aliphatic carbocycles. The molecule has 0 bridgehead atoms. The molecule has 61 heavy (non-hydrogen) atoms. The smallest absolute Gasteiger partial charge is 0.455 e. The highest BCUT2D eigenvalue weighted by atomic mass is 32.2. The van der Waals surface area contributed by atoms with Gasteiger partial charge < -0.3 is 51.2 Å². The molecule has 4 aromatic rings. The molecule has 0 amide bonds. The second-order valence-electron chi connectivity index (χ2n) is 13.3. The number of nitro groups is 1. The van der Waals surface area contributed by atoms with Gasteiger partial charge in [-0.2, -0.15) is 4.98 Å². The number of carbonyl (C=O) groups excluding carboxylic acids is 1. The zero-order valence-electron chi connectivity index (χ0n) is 31.4. The number of ether oxygens (including phenoxy) is 3. The molecule has 2 aliphatic rings. The predicted molar refractivity (Wildman–Crippen MR) is 206 cm³/mol. The summed E-state index contributed by atoms with van der Waals surface area (Å²) >= 11 is 0.975. The Hall–Kier alpha value is -4.58. The third kappa shape index (κ3) is 11.7. The van der Waals surface area contributed by atoms with Crippen LogP contribution in [-0.4, -0.2) is 121 Å². The summed E-state index contributed by atoms with van der Waals surface area (Å²) in [5.41, 5.74) is 16.9. The third-order valence-corrected chi connectivity index (χ3v) is 11.5. The summed E-state index contributed by atoms with van der Waals surface area (Å²) in [6, 6.07) is 2.83. The third-order valence-electron chi connectivity index (χ3n) is 9.11. The number of nitrogens with zero attached hydrogens (tertiary/aromatic N) is 8. The number of nitrogens with two attached hydrogens (primary N) is 3. The number of pyridine rings is 1. The first-order valence-corrected chi connectivity index (χ1v) is 21.8. The van der Waals surface area contributed by atoms with Crippen LogP contribution in [0.25, 0.3) is 11.2 Å². The highest BCUT2D eigenvalue weighted by molar-refractivity contribution is 7.97. The predicted octanol–water partition coefficient (Wildman–Crippen LogP) is -0.586. The molecule has 0 radical (unpaired) electrons. The van der Waals surface area contributed by atoms with Gasteiger partial charge in [-0.1, -0.05) is 6.42 Å². The summed E-state index contributed by atoms with van der Waals surface area (Å²) in [5.74, 6) is -1.06. The number of phosphoric acid groups is 2. The number of nitrogen functional groups attached to an aromatic ring is 2. The molecule has 11 N–H and O–H groups in total. The lowest BCUT2D eigenvalue weighted by Gasteiger charge is -2.24. The van der Waals surface area contributed by atoms with E-state index in [0.29, 0.717) is 19.4 Å². The van der Waals surface area contributed by atoms with E-state index >= 15 is 0 Å². The lowest BCUT2D eigenvalue weighted by Crippen LogP contribution is -2.43. The zero-order valence-corrected chi connectivity index (χ0v) is 34.0. The SMILES string of the molecule is Nc1ccn([C@H]2C[C@H](OP(=O)(O)OCC3OC(n4cnc5c(N)ncnc54)C(O)C3OC(=O)[C@H](N)CCCCNSc3ncccc3[N+](=O)[O-])[C@@H](COP(=O)(O)O)O2)c(=O)n1. The van der Waals surface area contributed by atoms with Gasteiger partial charge in [-0.15, -0.1) is 0 Å². The van der Waals surface area contributed by atoms with Crippen molar-refractivity contribution in [3.05, 3.63) is 63.8 Å². The molecule has 5 unspecified atom stereocenters. The number of esters is 1. The van der Waals surface area contributed by atoms with Crippen molar-refractivity contribution in [2.45, 2.75) is 79.7 Å². The van der Waals surface area contributed by atoms with Crippen molar-refractivity contribution >= 4 is 62.0 Å².